The second-order valence-corrected chi connectivity index (χ2v) is 4.91. The van der Waals surface area contributed by atoms with Crippen LogP contribution in [-0.4, -0.2) is 28.2 Å². The summed E-state index contributed by atoms with van der Waals surface area (Å²) in [4.78, 5) is 2.45. The van der Waals surface area contributed by atoms with Crippen LogP contribution in [0.3, 0.4) is 0 Å². The van der Waals surface area contributed by atoms with Gasteiger partial charge in [0.05, 0.1) is 5.69 Å². The molecule has 3 nitrogen and oxygen atoms in total. The van der Waals surface area contributed by atoms with E-state index in [1.165, 1.54) is 5.56 Å². The second-order valence-electron chi connectivity index (χ2n) is 4.52. The minimum atomic E-state index is 0.500. The van der Waals surface area contributed by atoms with E-state index in [-0.39, 0.29) is 0 Å². The maximum atomic E-state index is 5.84. The van der Waals surface area contributed by atoms with Gasteiger partial charge in [-0.2, -0.15) is 5.10 Å². The van der Waals surface area contributed by atoms with Gasteiger partial charge >= 0.3 is 0 Å². The van der Waals surface area contributed by atoms with Crippen LogP contribution < -0.4 is 0 Å². The topological polar surface area (TPSA) is 29.0 Å². The predicted molar refractivity (Wildman–Crippen MR) is 60.9 cm³/mol. The van der Waals surface area contributed by atoms with E-state index in [1.54, 1.807) is 0 Å². The minimum Gasteiger partial charge on any atom is -0.298 e. The van der Waals surface area contributed by atoms with Gasteiger partial charge in [0, 0.05) is 26.1 Å². The first kappa shape index (κ1) is 10.8. The number of hydrogen-bond acceptors (Lipinski definition) is 3. The third-order valence-electron chi connectivity index (χ3n) is 2.61. The molecule has 1 aliphatic heterocycles. The van der Waals surface area contributed by atoms with Crippen molar-refractivity contribution in [1.29, 1.82) is 0 Å². The maximum absolute atomic E-state index is 5.84. The lowest BCUT2D eigenvalue weighted by atomic mass is 10.1. The molecule has 0 bridgehead atoms. The zero-order chi connectivity index (χ0) is 10.8. The van der Waals surface area contributed by atoms with Crippen molar-refractivity contribution in [2.75, 3.05) is 13.1 Å². The Morgan fingerprint density at radius 2 is 2.27 bits per heavy atom. The summed E-state index contributed by atoms with van der Waals surface area (Å²) in [5.74, 6) is 0.705. The largest absolute Gasteiger partial charge is 0.298 e. The summed E-state index contributed by atoms with van der Waals surface area (Å²) in [6, 6.07) is 1.94. The van der Waals surface area contributed by atoms with E-state index in [9.17, 15) is 0 Å². The highest BCUT2D eigenvalue weighted by atomic mass is 35.5. The normalized spacial score (nSPS) is 16.8. The SMILES string of the molecule is CC(C)CN1CCc2nnc(Cl)cc2C1. The number of hydrogen-bond donors (Lipinski definition) is 0. The number of nitrogens with zero attached hydrogens (tertiary/aromatic N) is 3. The molecule has 0 saturated heterocycles. The molecular weight excluding hydrogens is 210 g/mol. The lowest BCUT2D eigenvalue weighted by molar-refractivity contribution is 0.224. The Labute approximate surface area is 95.5 Å². The molecule has 0 fully saturated rings. The zero-order valence-electron chi connectivity index (χ0n) is 9.20. The van der Waals surface area contributed by atoms with Gasteiger partial charge in [-0.05, 0) is 17.5 Å². The summed E-state index contributed by atoms with van der Waals surface area (Å²) >= 11 is 5.84. The van der Waals surface area contributed by atoms with Crippen LogP contribution in [0.2, 0.25) is 5.15 Å². The minimum absolute atomic E-state index is 0.500. The van der Waals surface area contributed by atoms with E-state index >= 15 is 0 Å². The summed E-state index contributed by atoms with van der Waals surface area (Å²) in [7, 11) is 0. The quantitative estimate of drug-likeness (QED) is 0.773. The molecule has 1 aliphatic rings. The number of fused-ring (bicyclic) bond motifs is 1. The average molecular weight is 226 g/mol. The summed E-state index contributed by atoms with van der Waals surface area (Å²) in [5, 5.41) is 8.50. The standard InChI is InChI=1S/C11H16ClN3/c1-8(2)6-15-4-3-10-9(7-15)5-11(12)14-13-10/h5,8H,3-4,6-7H2,1-2H3. The van der Waals surface area contributed by atoms with Crippen LogP contribution in [0.15, 0.2) is 6.07 Å². The Bertz CT molecular complexity index is 352. The number of aromatic nitrogens is 2. The van der Waals surface area contributed by atoms with Gasteiger partial charge in [-0.25, -0.2) is 0 Å². The van der Waals surface area contributed by atoms with Crippen LogP contribution >= 0.6 is 11.6 Å². The lowest BCUT2D eigenvalue weighted by Crippen LogP contribution is -2.34. The molecule has 2 rings (SSSR count). The Hall–Kier alpha value is -0.670. The monoisotopic (exact) mass is 225 g/mol. The number of halogens is 1. The molecule has 0 atom stereocenters. The van der Waals surface area contributed by atoms with Gasteiger partial charge in [0.1, 0.15) is 0 Å². The van der Waals surface area contributed by atoms with Crippen molar-refractivity contribution in [3.63, 3.8) is 0 Å². The van der Waals surface area contributed by atoms with Crippen LogP contribution in [0.1, 0.15) is 25.1 Å². The molecule has 0 N–H and O–H groups in total. The summed E-state index contributed by atoms with van der Waals surface area (Å²) in [6.45, 7) is 7.67. The first-order valence-corrected chi connectivity index (χ1v) is 5.76. The van der Waals surface area contributed by atoms with Crippen molar-refractivity contribution in [3.8, 4) is 0 Å². The smallest absolute Gasteiger partial charge is 0.152 e. The predicted octanol–water partition coefficient (Wildman–Crippen LogP) is 2.14. The molecule has 4 heteroatoms. The fourth-order valence-corrected chi connectivity index (χ4v) is 2.20. The molecule has 1 aromatic rings. The van der Waals surface area contributed by atoms with Crippen LogP contribution in [-0.2, 0) is 13.0 Å². The van der Waals surface area contributed by atoms with E-state index in [0.29, 0.717) is 11.1 Å². The number of rotatable bonds is 2. The molecule has 82 valence electrons. The highest BCUT2D eigenvalue weighted by molar-refractivity contribution is 6.29. The summed E-state index contributed by atoms with van der Waals surface area (Å²) in [6.07, 6.45) is 0.992. The molecule has 0 unspecified atom stereocenters. The summed E-state index contributed by atoms with van der Waals surface area (Å²) < 4.78 is 0. The molecule has 0 aromatic carbocycles. The third kappa shape index (κ3) is 2.67. The maximum Gasteiger partial charge on any atom is 0.152 e. The molecule has 0 spiro atoms. The van der Waals surface area contributed by atoms with Crippen molar-refractivity contribution in [3.05, 3.63) is 22.5 Å². The van der Waals surface area contributed by atoms with Crippen molar-refractivity contribution in [2.24, 2.45) is 5.92 Å². The molecule has 0 saturated carbocycles. The Morgan fingerprint density at radius 3 is 3.00 bits per heavy atom. The molecule has 15 heavy (non-hydrogen) atoms. The average Bonchev–Trinajstić information content (AvgIpc) is 2.16. The highest BCUT2D eigenvalue weighted by Crippen LogP contribution is 2.19. The van der Waals surface area contributed by atoms with Gasteiger partial charge < -0.3 is 0 Å². The first-order valence-electron chi connectivity index (χ1n) is 5.38. The van der Waals surface area contributed by atoms with E-state index in [2.05, 4.69) is 28.9 Å². The Balaban J connectivity index is 2.11. The Kier molecular flexibility index (Phi) is 3.22. The molecule has 0 aliphatic carbocycles. The highest BCUT2D eigenvalue weighted by Gasteiger charge is 2.18. The van der Waals surface area contributed by atoms with Crippen molar-refractivity contribution < 1.29 is 0 Å². The van der Waals surface area contributed by atoms with Gasteiger partial charge in [0.2, 0.25) is 0 Å². The van der Waals surface area contributed by atoms with Crippen LogP contribution in [0.5, 0.6) is 0 Å². The van der Waals surface area contributed by atoms with Crippen LogP contribution in [0, 0.1) is 5.92 Å². The van der Waals surface area contributed by atoms with E-state index in [1.807, 2.05) is 6.07 Å². The molecule has 0 radical (unpaired) electrons. The molecule has 2 heterocycles. The third-order valence-corrected chi connectivity index (χ3v) is 2.80. The van der Waals surface area contributed by atoms with Crippen molar-refractivity contribution >= 4 is 11.6 Å². The lowest BCUT2D eigenvalue weighted by Gasteiger charge is -2.28. The van der Waals surface area contributed by atoms with Crippen LogP contribution in [0.25, 0.3) is 0 Å². The van der Waals surface area contributed by atoms with Gasteiger partial charge in [-0.15, -0.1) is 5.10 Å². The molecule has 0 amide bonds. The molecule has 1 aromatic heterocycles. The van der Waals surface area contributed by atoms with Gasteiger partial charge in [-0.1, -0.05) is 25.4 Å². The van der Waals surface area contributed by atoms with Gasteiger partial charge in [0.25, 0.3) is 0 Å². The molecular formula is C11H16ClN3. The fourth-order valence-electron chi connectivity index (χ4n) is 2.03. The van der Waals surface area contributed by atoms with Gasteiger partial charge in [-0.3, -0.25) is 4.90 Å². The first-order chi connectivity index (χ1) is 7.15. The zero-order valence-corrected chi connectivity index (χ0v) is 9.96. The second kappa shape index (κ2) is 4.45. The van der Waals surface area contributed by atoms with Gasteiger partial charge in [0.15, 0.2) is 5.15 Å². The van der Waals surface area contributed by atoms with E-state index in [0.717, 1.165) is 31.7 Å². The van der Waals surface area contributed by atoms with Crippen LogP contribution in [0.4, 0.5) is 0 Å². The van der Waals surface area contributed by atoms with Crippen molar-refractivity contribution in [1.82, 2.24) is 15.1 Å². The van der Waals surface area contributed by atoms with Crippen molar-refractivity contribution in [2.45, 2.75) is 26.8 Å². The fraction of sp³-hybridized carbons (Fsp3) is 0.636. The Morgan fingerprint density at radius 1 is 1.47 bits per heavy atom. The summed E-state index contributed by atoms with van der Waals surface area (Å²) in [5.41, 5.74) is 2.35. The van der Waals surface area contributed by atoms with E-state index < -0.39 is 0 Å². The van der Waals surface area contributed by atoms with E-state index in [4.69, 9.17) is 11.6 Å².